The Morgan fingerprint density at radius 2 is 1.70 bits per heavy atom. The smallest absolute Gasteiger partial charge is 0.224 e. The lowest BCUT2D eigenvalue weighted by Gasteiger charge is -2.32. The molecule has 1 N–H and O–H groups in total. The van der Waals surface area contributed by atoms with Crippen molar-refractivity contribution in [2.45, 2.75) is 18.9 Å². The van der Waals surface area contributed by atoms with E-state index in [1.54, 1.807) is 42.9 Å². The number of halogens is 2. The van der Waals surface area contributed by atoms with Crippen LogP contribution in [0.2, 0.25) is 0 Å². The first-order valence-electron chi connectivity index (χ1n) is 11.0. The maximum absolute atomic E-state index is 13.4. The van der Waals surface area contributed by atoms with Crippen LogP contribution in [0.15, 0.2) is 67.1 Å². The average Bonchev–Trinajstić information content (AvgIpc) is 2.85. The number of hydrogen-bond donors (Lipinski definition) is 1. The third kappa shape index (κ3) is 6.32. The predicted octanol–water partition coefficient (Wildman–Crippen LogP) is 3.75. The summed E-state index contributed by atoms with van der Waals surface area (Å²) >= 11 is 0. The lowest BCUT2D eigenvalue weighted by molar-refractivity contribution is -0.127. The van der Waals surface area contributed by atoms with Gasteiger partial charge < -0.3 is 10.1 Å². The maximum atomic E-state index is 13.4. The summed E-state index contributed by atoms with van der Waals surface area (Å²) in [7, 11) is 0. The molecule has 1 atom stereocenters. The Morgan fingerprint density at radius 1 is 1.03 bits per heavy atom. The highest BCUT2D eigenvalue weighted by Gasteiger charge is 2.28. The van der Waals surface area contributed by atoms with Crippen molar-refractivity contribution in [1.29, 1.82) is 0 Å². The van der Waals surface area contributed by atoms with Crippen LogP contribution >= 0.6 is 0 Å². The summed E-state index contributed by atoms with van der Waals surface area (Å²) in [5.41, 5.74) is 1.36. The molecule has 1 aliphatic heterocycles. The van der Waals surface area contributed by atoms with E-state index < -0.39 is 6.04 Å². The van der Waals surface area contributed by atoms with Crippen LogP contribution in [-0.2, 0) is 4.79 Å². The van der Waals surface area contributed by atoms with Crippen molar-refractivity contribution in [3.8, 4) is 5.75 Å². The molecule has 6 nitrogen and oxygen atoms in total. The highest BCUT2D eigenvalue weighted by molar-refractivity contribution is 5.79. The number of hydrogen-bond acceptors (Lipinski definition) is 5. The van der Waals surface area contributed by atoms with E-state index in [4.69, 9.17) is 4.74 Å². The molecule has 0 saturated carbocycles. The number of ether oxygens (including phenoxy) is 1. The molecule has 4 rings (SSSR count). The van der Waals surface area contributed by atoms with E-state index in [1.807, 2.05) is 0 Å². The van der Waals surface area contributed by atoms with E-state index in [0.29, 0.717) is 18.1 Å². The first-order chi connectivity index (χ1) is 16.1. The van der Waals surface area contributed by atoms with Crippen LogP contribution in [0, 0.1) is 17.6 Å². The fourth-order valence-corrected chi connectivity index (χ4v) is 3.95. The summed E-state index contributed by atoms with van der Waals surface area (Å²) in [5.74, 6) is -0.139. The molecule has 1 fully saturated rings. The Kier molecular flexibility index (Phi) is 7.57. The van der Waals surface area contributed by atoms with E-state index in [-0.39, 0.29) is 23.5 Å². The minimum atomic E-state index is -0.492. The number of nitrogens with one attached hydrogen (secondary N) is 1. The van der Waals surface area contributed by atoms with Gasteiger partial charge in [0.2, 0.25) is 5.91 Å². The second-order valence-corrected chi connectivity index (χ2v) is 8.04. The van der Waals surface area contributed by atoms with Crippen LogP contribution in [0.1, 0.15) is 30.1 Å². The van der Waals surface area contributed by atoms with Gasteiger partial charge in [-0.25, -0.2) is 8.78 Å². The molecular formula is C25H26F2N4O2. The molecule has 33 heavy (non-hydrogen) atoms. The number of nitrogens with zero attached hydrogens (tertiary/aromatic N) is 3. The molecule has 2 aromatic carbocycles. The zero-order valence-corrected chi connectivity index (χ0v) is 18.2. The Morgan fingerprint density at radius 3 is 2.33 bits per heavy atom. The van der Waals surface area contributed by atoms with Gasteiger partial charge in [0, 0.05) is 24.9 Å². The number of carbonyl (C=O) groups excluding carboxylic acids is 1. The fourth-order valence-electron chi connectivity index (χ4n) is 3.95. The van der Waals surface area contributed by atoms with Gasteiger partial charge in [0.05, 0.1) is 17.9 Å². The number of amides is 1. The first kappa shape index (κ1) is 22.8. The van der Waals surface area contributed by atoms with Gasteiger partial charge in [0.1, 0.15) is 24.0 Å². The Balaban J connectivity index is 1.29. The van der Waals surface area contributed by atoms with Gasteiger partial charge in [-0.1, -0.05) is 12.1 Å². The summed E-state index contributed by atoms with van der Waals surface area (Å²) in [6.07, 6.45) is 6.23. The maximum Gasteiger partial charge on any atom is 0.224 e. The van der Waals surface area contributed by atoms with Crippen LogP contribution in [0.5, 0.6) is 5.75 Å². The summed E-state index contributed by atoms with van der Waals surface area (Å²) in [4.78, 5) is 23.8. The van der Waals surface area contributed by atoms with Gasteiger partial charge in [-0.05, 0) is 67.9 Å². The highest BCUT2D eigenvalue weighted by atomic mass is 19.1. The molecule has 0 spiro atoms. The van der Waals surface area contributed by atoms with Gasteiger partial charge in [-0.3, -0.25) is 19.7 Å². The topological polar surface area (TPSA) is 67.4 Å². The molecule has 0 bridgehead atoms. The number of benzene rings is 2. The van der Waals surface area contributed by atoms with Crippen molar-refractivity contribution in [2.75, 3.05) is 26.2 Å². The molecule has 1 aromatic heterocycles. The summed E-state index contributed by atoms with van der Waals surface area (Å²) < 4.78 is 32.0. The van der Waals surface area contributed by atoms with Crippen LogP contribution < -0.4 is 10.1 Å². The third-order valence-electron chi connectivity index (χ3n) is 5.82. The molecular weight excluding hydrogens is 426 g/mol. The van der Waals surface area contributed by atoms with Crippen LogP contribution in [-0.4, -0.2) is 47.0 Å². The average molecular weight is 453 g/mol. The zero-order valence-electron chi connectivity index (χ0n) is 18.2. The molecule has 1 aliphatic rings. The lowest BCUT2D eigenvalue weighted by atomic mass is 9.94. The lowest BCUT2D eigenvalue weighted by Crippen LogP contribution is -2.43. The van der Waals surface area contributed by atoms with Crippen LogP contribution in [0.3, 0.4) is 0 Å². The summed E-state index contributed by atoms with van der Waals surface area (Å²) in [6.45, 7) is 2.82. The SMILES string of the molecule is O=C(NC(c1ccc(F)cc1)c1cnccn1)C1CCN(CCOc2ccc(F)cc2)CC1. The quantitative estimate of drug-likeness (QED) is 0.564. The number of carbonyl (C=O) groups is 1. The minimum absolute atomic E-state index is 0.0443. The Labute approximate surface area is 191 Å². The highest BCUT2D eigenvalue weighted by Crippen LogP contribution is 2.23. The second kappa shape index (κ2) is 11.0. The van der Waals surface area contributed by atoms with E-state index in [1.165, 1.54) is 24.3 Å². The molecule has 1 unspecified atom stereocenters. The number of rotatable bonds is 8. The van der Waals surface area contributed by atoms with Crippen molar-refractivity contribution in [3.63, 3.8) is 0 Å². The van der Waals surface area contributed by atoms with Gasteiger partial charge in [0.15, 0.2) is 0 Å². The summed E-state index contributed by atoms with van der Waals surface area (Å²) in [6, 6.07) is 11.5. The largest absolute Gasteiger partial charge is 0.492 e. The van der Waals surface area contributed by atoms with Gasteiger partial charge >= 0.3 is 0 Å². The van der Waals surface area contributed by atoms with Crippen molar-refractivity contribution < 1.29 is 18.3 Å². The second-order valence-electron chi connectivity index (χ2n) is 8.04. The number of piperidine rings is 1. The monoisotopic (exact) mass is 452 g/mol. The molecule has 3 aromatic rings. The summed E-state index contributed by atoms with van der Waals surface area (Å²) in [5, 5.41) is 3.09. The van der Waals surface area contributed by atoms with Crippen LogP contribution in [0.25, 0.3) is 0 Å². The normalized spacial score (nSPS) is 15.7. The Hall–Kier alpha value is -3.39. The number of likely N-dealkylation sites (tertiary alicyclic amines) is 1. The molecule has 0 radical (unpaired) electrons. The molecule has 1 saturated heterocycles. The molecule has 1 amide bonds. The Bertz CT molecular complexity index is 1020. The molecule has 8 heteroatoms. The van der Waals surface area contributed by atoms with E-state index >= 15 is 0 Å². The van der Waals surface area contributed by atoms with Crippen molar-refractivity contribution in [1.82, 2.24) is 20.2 Å². The first-order valence-corrected chi connectivity index (χ1v) is 11.0. The van der Waals surface area contributed by atoms with Crippen molar-refractivity contribution in [2.24, 2.45) is 5.92 Å². The molecule has 2 heterocycles. The molecule has 0 aliphatic carbocycles. The van der Waals surface area contributed by atoms with Crippen molar-refractivity contribution in [3.05, 3.63) is 90.0 Å². The third-order valence-corrected chi connectivity index (χ3v) is 5.82. The van der Waals surface area contributed by atoms with E-state index in [2.05, 4.69) is 20.2 Å². The molecule has 172 valence electrons. The van der Waals surface area contributed by atoms with Gasteiger partial charge in [0.25, 0.3) is 0 Å². The van der Waals surface area contributed by atoms with Gasteiger partial charge in [-0.2, -0.15) is 0 Å². The van der Waals surface area contributed by atoms with Gasteiger partial charge in [-0.15, -0.1) is 0 Å². The van der Waals surface area contributed by atoms with Crippen LogP contribution in [0.4, 0.5) is 8.78 Å². The number of aromatic nitrogens is 2. The van der Waals surface area contributed by atoms with E-state index in [9.17, 15) is 13.6 Å². The zero-order chi connectivity index (χ0) is 23.0. The fraction of sp³-hybridized carbons (Fsp3) is 0.320. The minimum Gasteiger partial charge on any atom is -0.492 e. The predicted molar refractivity (Wildman–Crippen MR) is 119 cm³/mol. The van der Waals surface area contributed by atoms with E-state index in [0.717, 1.165) is 38.0 Å². The standard InChI is InChI=1S/C25H26F2N4O2/c26-20-3-1-18(2-4-20)24(23-17-28-11-12-29-23)30-25(32)19-9-13-31(14-10-19)15-16-33-22-7-5-21(27)6-8-22/h1-8,11-12,17,19,24H,9-10,13-16H2,(H,30,32). The van der Waals surface area contributed by atoms with Crippen molar-refractivity contribution >= 4 is 5.91 Å².